The molecule has 1 aromatic heterocycles. The second-order valence-corrected chi connectivity index (χ2v) is 5.28. The molecule has 0 saturated carbocycles. The highest BCUT2D eigenvalue weighted by molar-refractivity contribution is 14.0. The second kappa shape index (κ2) is 12.1. The first-order valence-corrected chi connectivity index (χ1v) is 8.09. The largest absolute Gasteiger partial charge is 0.383 e. The van der Waals surface area contributed by atoms with Crippen molar-refractivity contribution in [3.8, 4) is 0 Å². The third kappa shape index (κ3) is 7.68. The van der Waals surface area contributed by atoms with Gasteiger partial charge in [-0.25, -0.2) is 0 Å². The van der Waals surface area contributed by atoms with Gasteiger partial charge >= 0.3 is 0 Å². The van der Waals surface area contributed by atoms with Crippen LogP contribution < -0.4 is 16.0 Å². The predicted molar refractivity (Wildman–Crippen MR) is 113 cm³/mol. The number of non-ortho nitro benzene ring substituents is 1. The summed E-state index contributed by atoms with van der Waals surface area (Å²) < 4.78 is 1.89. The van der Waals surface area contributed by atoms with Gasteiger partial charge in [-0.05, 0) is 24.6 Å². The third-order valence-electron chi connectivity index (χ3n) is 3.46. The minimum atomic E-state index is -0.409. The smallest absolute Gasteiger partial charge is 0.269 e. The number of benzene rings is 1. The van der Waals surface area contributed by atoms with Crippen LogP contribution in [0.4, 0.5) is 11.4 Å². The molecule has 1 aromatic carbocycles. The highest BCUT2D eigenvalue weighted by Crippen LogP contribution is 2.14. The number of nitrogens with zero attached hydrogens (tertiary/aromatic N) is 4. The van der Waals surface area contributed by atoms with Crippen molar-refractivity contribution in [2.75, 3.05) is 32.0 Å². The van der Waals surface area contributed by atoms with Crippen molar-refractivity contribution in [1.29, 1.82) is 0 Å². The standard InChI is InChI=1S/C16H23N7O2.HI/c1-17-16(19-8-2-12-22-13-3-9-21-22)20-11-10-18-14-4-6-15(7-5-14)23(24)25;/h3-7,9,13,18H,2,8,10-12H2,1H3,(H2,17,19,20);1H. The fraction of sp³-hybridized carbons (Fsp3) is 0.375. The summed E-state index contributed by atoms with van der Waals surface area (Å²) in [6.45, 7) is 3.01. The van der Waals surface area contributed by atoms with Crippen molar-refractivity contribution >= 4 is 41.3 Å². The zero-order chi connectivity index (χ0) is 17.9. The molecule has 0 spiro atoms. The van der Waals surface area contributed by atoms with Gasteiger partial charge in [-0.3, -0.25) is 19.8 Å². The monoisotopic (exact) mass is 473 g/mol. The second-order valence-electron chi connectivity index (χ2n) is 5.28. The molecule has 2 aromatic rings. The third-order valence-corrected chi connectivity index (χ3v) is 3.46. The van der Waals surface area contributed by atoms with Crippen molar-refractivity contribution in [3.05, 3.63) is 52.8 Å². The van der Waals surface area contributed by atoms with Crippen LogP contribution in [0.3, 0.4) is 0 Å². The summed E-state index contributed by atoms with van der Waals surface area (Å²) in [6, 6.07) is 8.26. The molecule has 0 atom stereocenters. The Bertz CT molecular complexity index is 674. The number of aromatic nitrogens is 2. The number of nitro groups is 1. The van der Waals surface area contributed by atoms with Crippen molar-refractivity contribution in [2.24, 2.45) is 4.99 Å². The molecular weight excluding hydrogens is 449 g/mol. The van der Waals surface area contributed by atoms with Gasteiger partial charge in [0.05, 0.1) is 4.92 Å². The highest BCUT2D eigenvalue weighted by atomic mass is 127. The maximum atomic E-state index is 10.6. The van der Waals surface area contributed by atoms with E-state index in [4.69, 9.17) is 0 Å². The highest BCUT2D eigenvalue weighted by Gasteiger charge is 2.03. The van der Waals surface area contributed by atoms with Gasteiger partial charge in [0.15, 0.2) is 5.96 Å². The molecule has 0 bridgehead atoms. The SMILES string of the molecule is CN=C(NCCCn1cccn1)NCCNc1ccc([N+](=O)[O-])cc1.I. The van der Waals surface area contributed by atoms with Crippen LogP contribution in [0, 0.1) is 10.1 Å². The normalized spacial score (nSPS) is 10.7. The van der Waals surface area contributed by atoms with Crippen LogP contribution in [-0.2, 0) is 6.54 Å². The summed E-state index contributed by atoms with van der Waals surface area (Å²) in [6.07, 6.45) is 4.66. The first-order chi connectivity index (χ1) is 12.2. The number of aliphatic imine (C=N–C) groups is 1. The van der Waals surface area contributed by atoms with E-state index in [9.17, 15) is 10.1 Å². The Labute approximate surface area is 169 Å². The molecular formula is C16H24IN7O2. The molecule has 0 saturated heterocycles. The summed E-state index contributed by atoms with van der Waals surface area (Å²) in [5.74, 6) is 0.742. The van der Waals surface area contributed by atoms with E-state index in [0.29, 0.717) is 13.1 Å². The van der Waals surface area contributed by atoms with E-state index in [0.717, 1.165) is 31.2 Å². The first-order valence-electron chi connectivity index (χ1n) is 8.09. The Morgan fingerprint density at radius 1 is 1.23 bits per heavy atom. The van der Waals surface area contributed by atoms with E-state index in [2.05, 4.69) is 26.0 Å². The van der Waals surface area contributed by atoms with Gasteiger partial charge in [0, 0.05) is 63.4 Å². The van der Waals surface area contributed by atoms with Gasteiger partial charge in [0.2, 0.25) is 0 Å². The fourth-order valence-electron chi connectivity index (χ4n) is 2.19. The molecule has 0 aliphatic rings. The van der Waals surface area contributed by atoms with E-state index in [1.807, 2.05) is 16.9 Å². The van der Waals surface area contributed by atoms with Crippen LogP contribution in [0.5, 0.6) is 0 Å². The van der Waals surface area contributed by atoms with Crippen LogP contribution in [0.1, 0.15) is 6.42 Å². The number of hydrogen-bond acceptors (Lipinski definition) is 5. The minimum absolute atomic E-state index is 0. The molecule has 0 unspecified atom stereocenters. The van der Waals surface area contributed by atoms with Gasteiger partial charge in [0.25, 0.3) is 5.69 Å². The summed E-state index contributed by atoms with van der Waals surface area (Å²) >= 11 is 0. The van der Waals surface area contributed by atoms with Crippen molar-refractivity contribution in [1.82, 2.24) is 20.4 Å². The molecule has 0 amide bonds. The average Bonchev–Trinajstić information content (AvgIpc) is 3.14. The van der Waals surface area contributed by atoms with E-state index in [1.54, 1.807) is 25.4 Å². The molecule has 10 heteroatoms. The maximum Gasteiger partial charge on any atom is 0.269 e. The van der Waals surface area contributed by atoms with Crippen LogP contribution in [0.2, 0.25) is 0 Å². The first kappa shape index (κ1) is 21.7. The Morgan fingerprint density at radius 3 is 2.58 bits per heavy atom. The predicted octanol–water partition coefficient (Wildman–Crippen LogP) is 2.08. The molecule has 0 aliphatic carbocycles. The minimum Gasteiger partial charge on any atom is -0.383 e. The molecule has 0 fully saturated rings. The van der Waals surface area contributed by atoms with Crippen molar-refractivity contribution in [2.45, 2.75) is 13.0 Å². The number of aryl methyl sites for hydroxylation is 1. The molecule has 26 heavy (non-hydrogen) atoms. The zero-order valence-electron chi connectivity index (χ0n) is 14.6. The lowest BCUT2D eigenvalue weighted by molar-refractivity contribution is -0.384. The zero-order valence-corrected chi connectivity index (χ0v) is 16.9. The van der Waals surface area contributed by atoms with Crippen LogP contribution >= 0.6 is 24.0 Å². The Hall–Kier alpha value is -2.37. The van der Waals surface area contributed by atoms with Gasteiger partial charge in [-0.1, -0.05) is 0 Å². The van der Waals surface area contributed by atoms with E-state index in [1.165, 1.54) is 12.1 Å². The van der Waals surface area contributed by atoms with Crippen molar-refractivity contribution in [3.63, 3.8) is 0 Å². The summed E-state index contributed by atoms with van der Waals surface area (Å²) in [5.41, 5.74) is 0.929. The molecule has 0 aliphatic heterocycles. The Balaban J connectivity index is 0.00000338. The topological polar surface area (TPSA) is 109 Å². The van der Waals surface area contributed by atoms with E-state index >= 15 is 0 Å². The maximum absolute atomic E-state index is 10.6. The lowest BCUT2D eigenvalue weighted by Crippen LogP contribution is -2.40. The lowest BCUT2D eigenvalue weighted by Gasteiger charge is -2.12. The summed E-state index contributed by atoms with van der Waals surface area (Å²) in [7, 11) is 1.73. The Morgan fingerprint density at radius 2 is 1.96 bits per heavy atom. The molecule has 1 heterocycles. The van der Waals surface area contributed by atoms with E-state index < -0.39 is 4.92 Å². The number of nitrogens with one attached hydrogen (secondary N) is 3. The molecule has 3 N–H and O–H groups in total. The van der Waals surface area contributed by atoms with Gasteiger partial charge < -0.3 is 16.0 Å². The van der Waals surface area contributed by atoms with Gasteiger partial charge in [-0.15, -0.1) is 24.0 Å². The van der Waals surface area contributed by atoms with E-state index in [-0.39, 0.29) is 29.7 Å². The van der Waals surface area contributed by atoms with Crippen molar-refractivity contribution < 1.29 is 4.92 Å². The number of hydrogen-bond donors (Lipinski definition) is 3. The molecule has 2 rings (SSSR count). The van der Waals surface area contributed by atoms with Gasteiger partial charge in [-0.2, -0.15) is 5.10 Å². The summed E-state index contributed by atoms with van der Waals surface area (Å²) in [4.78, 5) is 14.4. The number of nitro benzene ring substituents is 1. The van der Waals surface area contributed by atoms with Crippen LogP contribution in [0.15, 0.2) is 47.7 Å². The fourth-order valence-corrected chi connectivity index (χ4v) is 2.19. The number of anilines is 1. The molecule has 0 radical (unpaired) electrons. The van der Waals surface area contributed by atoms with Gasteiger partial charge in [0.1, 0.15) is 0 Å². The summed E-state index contributed by atoms with van der Waals surface area (Å²) in [5, 5.41) is 24.4. The number of guanidine groups is 1. The average molecular weight is 473 g/mol. The van der Waals surface area contributed by atoms with Crippen LogP contribution in [-0.4, -0.2) is 47.3 Å². The van der Waals surface area contributed by atoms with Crippen LogP contribution in [0.25, 0.3) is 0 Å². The number of rotatable bonds is 9. The molecule has 142 valence electrons. The lowest BCUT2D eigenvalue weighted by atomic mass is 10.3. The Kier molecular flexibility index (Phi) is 10.1. The number of halogens is 1. The molecule has 9 nitrogen and oxygen atoms in total. The quantitative estimate of drug-likeness (QED) is 0.129.